The van der Waals surface area contributed by atoms with Gasteiger partial charge in [-0.2, -0.15) is 0 Å². The van der Waals surface area contributed by atoms with E-state index in [2.05, 4.69) is 53.6 Å². The summed E-state index contributed by atoms with van der Waals surface area (Å²) in [5, 5.41) is 5.72. The van der Waals surface area contributed by atoms with E-state index in [1.807, 2.05) is 11.3 Å². The number of rotatable bonds is 3. The van der Waals surface area contributed by atoms with Gasteiger partial charge in [-0.15, -0.1) is 11.3 Å². The van der Waals surface area contributed by atoms with Crippen LogP contribution in [0.25, 0.3) is 0 Å². The van der Waals surface area contributed by atoms with Crippen LogP contribution in [-0.2, 0) is 0 Å². The highest BCUT2D eigenvalue weighted by atomic mass is 79.9. The van der Waals surface area contributed by atoms with E-state index in [9.17, 15) is 0 Å². The van der Waals surface area contributed by atoms with Crippen LogP contribution in [-0.4, -0.2) is 7.05 Å². The molecule has 0 saturated heterocycles. The van der Waals surface area contributed by atoms with E-state index >= 15 is 0 Å². The average Bonchev–Trinajstić information content (AvgIpc) is 2.65. The predicted octanol–water partition coefficient (Wildman–Crippen LogP) is 4.84. The topological polar surface area (TPSA) is 12.0 Å². The maximum atomic E-state index is 3.67. The fourth-order valence-electron chi connectivity index (χ4n) is 3.39. The molecule has 2 rings (SSSR count). The van der Waals surface area contributed by atoms with Crippen molar-refractivity contribution in [1.82, 2.24) is 5.32 Å². The summed E-state index contributed by atoms with van der Waals surface area (Å²) in [6.45, 7) is 4.80. The van der Waals surface area contributed by atoms with E-state index in [1.54, 1.807) is 0 Å². The second-order valence-corrected chi connectivity index (χ2v) is 7.38. The van der Waals surface area contributed by atoms with Crippen molar-refractivity contribution in [2.75, 3.05) is 7.05 Å². The minimum Gasteiger partial charge on any atom is -0.312 e. The van der Waals surface area contributed by atoms with Crippen molar-refractivity contribution < 1.29 is 0 Å². The molecule has 3 unspecified atom stereocenters. The van der Waals surface area contributed by atoms with Gasteiger partial charge in [-0.3, -0.25) is 0 Å². The van der Waals surface area contributed by atoms with Crippen LogP contribution in [0.5, 0.6) is 0 Å². The summed E-state index contributed by atoms with van der Waals surface area (Å²) in [5.41, 5.74) is 0. The number of thiophene rings is 1. The van der Waals surface area contributed by atoms with Crippen LogP contribution in [0.1, 0.15) is 44.0 Å². The van der Waals surface area contributed by atoms with E-state index in [0.717, 1.165) is 17.8 Å². The smallest absolute Gasteiger partial charge is 0.0452 e. The Bertz CT molecular complexity index is 353. The van der Waals surface area contributed by atoms with Gasteiger partial charge in [0, 0.05) is 15.4 Å². The molecule has 1 heterocycles. The Labute approximate surface area is 117 Å². The van der Waals surface area contributed by atoms with Gasteiger partial charge in [0.25, 0.3) is 0 Å². The monoisotopic (exact) mass is 315 g/mol. The first-order valence-corrected chi connectivity index (χ1v) is 8.19. The van der Waals surface area contributed by atoms with E-state index in [1.165, 1.54) is 28.6 Å². The van der Waals surface area contributed by atoms with Crippen molar-refractivity contribution in [1.29, 1.82) is 0 Å². The van der Waals surface area contributed by atoms with Gasteiger partial charge in [0.15, 0.2) is 0 Å². The van der Waals surface area contributed by atoms with Gasteiger partial charge in [0.2, 0.25) is 0 Å². The SMILES string of the molecule is CNC(c1sccc1Br)C1CC(C)CC(C)C1. The zero-order valence-corrected chi connectivity index (χ0v) is 13.3. The molecule has 1 aromatic rings. The highest BCUT2D eigenvalue weighted by Gasteiger charge is 2.31. The van der Waals surface area contributed by atoms with Gasteiger partial charge < -0.3 is 5.32 Å². The fourth-order valence-corrected chi connectivity index (χ4v) is 5.21. The van der Waals surface area contributed by atoms with E-state index in [4.69, 9.17) is 0 Å². The molecular weight excluding hydrogens is 294 g/mol. The lowest BCUT2D eigenvalue weighted by Gasteiger charge is -2.36. The van der Waals surface area contributed by atoms with Crippen LogP contribution in [0.2, 0.25) is 0 Å². The third kappa shape index (κ3) is 3.12. The quantitative estimate of drug-likeness (QED) is 0.841. The third-order valence-electron chi connectivity index (χ3n) is 3.92. The maximum Gasteiger partial charge on any atom is 0.0452 e. The molecule has 1 fully saturated rings. The Morgan fingerprint density at radius 1 is 1.29 bits per heavy atom. The average molecular weight is 316 g/mol. The molecule has 1 aliphatic carbocycles. The Hall–Kier alpha value is 0.140. The Balaban J connectivity index is 2.15. The molecule has 17 heavy (non-hydrogen) atoms. The minimum atomic E-state index is 0.523. The molecule has 96 valence electrons. The van der Waals surface area contributed by atoms with Gasteiger partial charge in [-0.1, -0.05) is 13.8 Å². The lowest BCUT2D eigenvalue weighted by atomic mass is 9.73. The summed E-state index contributed by atoms with van der Waals surface area (Å²) in [6.07, 6.45) is 4.12. The van der Waals surface area contributed by atoms with Crippen molar-refractivity contribution in [3.05, 3.63) is 20.8 Å². The lowest BCUT2D eigenvalue weighted by molar-refractivity contribution is 0.182. The standard InChI is InChI=1S/C14H22BrNS/c1-9-6-10(2)8-11(7-9)13(16-3)14-12(15)4-5-17-14/h4-5,9-11,13,16H,6-8H2,1-3H3. The first kappa shape index (κ1) is 13.6. The van der Waals surface area contributed by atoms with E-state index in [-0.39, 0.29) is 0 Å². The number of hydrogen-bond acceptors (Lipinski definition) is 2. The van der Waals surface area contributed by atoms with Crippen LogP contribution < -0.4 is 5.32 Å². The molecule has 0 bridgehead atoms. The molecule has 3 atom stereocenters. The highest BCUT2D eigenvalue weighted by Crippen LogP contribution is 2.42. The number of hydrogen-bond donors (Lipinski definition) is 1. The predicted molar refractivity (Wildman–Crippen MR) is 79.5 cm³/mol. The summed E-state index contributed by atoms with van der Waals surface area (Å²) in [5.74, 6) is 2.53. The minimum absolute atomic E-state index is 0.523. The second-order valence-electron chi connectivity index (χ2n) is 5.58. The molecule has 1 aliphatic rings. The first-order valence-electron chi connectivity index (χ1n) is 6.52. The Morgan fingerprint density at radius 3 is 2.41 bits per heavy atom. The molecular formula is C14H22BrNS. The van der Waals surface area contributed by atoms with Crippen LogP contribution in [0.4, 0.5) is 0 Å². The third-order valence-corrected chi connectivity index (χ3v) is 5.88. The summed E-state index contributed by atoms with van der Waals surface area (Å²) in [7, 11) is 2.10. The number of halogens is 1. The summed E-state index contributed by atoms with van der Waals surface area (Å²) >= 11 is 5.54. The normalized spacial score (nSPS) is 31.4. The molecule has 1 N–H and O–H groups in total. The molecule has 1 nitrogen and oxygen atoms in total. The van der Waals surface area contributed by atoms with Gasteiger partial charge in [-0.05, 0) is 71.4 Å². The van der Waals surface area contributed by atoms with Crippen LogP contribution in [0, 0.1) is 17.8 Å². The molecule has 0 aromatic carbocycles. The maximum absolute atomic E-state index is 3.67. The zero-order valence-electron chi connectivity index (χ0n) is 10.9. The van der Waals surface area contributed by atoms with Crippen molar-refractivity contribution in [3.8, 4) is 0 Å². The molecule has 0 radical (unpaired) electrons. The van der Waals surface area contributed by atoms with E-state index in [0.29, 0.717) is 6.04 Å². The summed E-state index contributed by atoms with van der Waals surface area (Å²) < 4.78 is 1.27. The van der Waals surface area contributed by atoms with E-state index < -0.39 is 0 Å². The van der Waals surface area contributed by atoms with Gasteiger partial charge in [-0.25, -0.2) is 0 Å². The van der Waals surface area contributed by atoms with Gasteiger partial charge in [0.05, 0.1) is 0 Å². The Morgan fingerprint density at radius 2 is 1.94 bits per heavy atom. The van der Waals surface area contributed by atoms with Crippen molar-refractivity contribution in [3.63, 3.8) is 0 Å². The fraction of sp³-hybridized carbons (Fsp3) is 0.714. The summed E-state index contributed by atoms with van der Waals surface area (Å²) in [4.78, 5) is 1.47. The molecule has 1 aromatic heterocycles. The molecule has 3 heteroatoms. The lowest BCUT2D eigenvalue weighted by Crippen LogP contribution is -2.31. The van der Waals surface area contributed by atoms with Crippen molar-refractivity contribution >= 4 is 27.3 Å². The largest absolute Gasteiger partial charge is 0.312 e. The van der Waals surface area contributed by atoms with Gasteiger partial charge in [0.1, 0.15) is 0 Å². The van der Waals surface area contributed by atoms with Crippen LogP contribution >= 0.6 is 27.3 Å². The molecule has 0 amide bonds. The number of nitrogens with one attached hydrogen (secondary N) is 1. The van der Waals surface area contributed by atoms with Crippen LogP contribution in [0.15, 0.2) is 15.9 Å². The second kappa shape index (κ2) is 5.85. The molecule has 0 aliphatic heterocycles. The zero-order chi connectivity index (χ0) is 12.4. The molecule has 0 spiro atoms. The van der Waals surface area contributed by atoms with Crippen LogP contribution in [0.3, 0.4) is 0 Å². The van der Waals surface area contributed by atoms with Crippen molar-refractivity contribution in [2.45, 2.75) is 39.2 Å². The van der Waals surface area contributed by atoms with Gasteiger partial charge >= 0.3 is 0 Å². The van der Waals surface area contributed by atoms with Crippen molar-refractivity contribution in [2.24, 2.45) is 17.8 Å². The Kier molecular flexibility index (Phi) is 4.67. The first-order chi connectivity index (χ1) is 8.11. The molecule has 1 saturated carbocycles. The highest BCUT2D eigenvalue weighted by molar-refractivity contribution is 9.10. The summed E-state index contributed by atoms with van der Waals surface area (Å²) in [6, 6.07) is 2.69.